The summed E-state index contributed by atoms with van der Waals surface area (Å²) in [7, 11) is 0. The van der Waals surface area contributed by atoms with E-state index in [-0.39, 0.29) is 24.0 Å². The second-order valence-electron chi connectivity index (χ2n) is 9.52. The van der Waals surface area contributed by atoms with Gasteiger partial charge < -0.3 is 15.4 Å². The molecule has 2 aromatic carbocycles. The highest BCUT2D eigenvalue weighted by Gasteiger charge is 2.46. The third-order valence-corrected chi connectivity index (χ3v) is 6.83. The topological polar surface area (TPSA) is 107 Å². The average Bonchev–Trinajstić information content (AvgIpc) is 3.66. The van der Waals surface area contributed by atoms with Crippen LogP contribution in [0.1, 0.15) is 42.6 Å². The van der Waals surface area contributed by atoms with Gasteiger partial charge in [-0.1, -0.05) is 24.3 Å². The molecule has 9 heteroatoms. The van der Waals surface area contributed by atoms with Crippen LogP contribution in [-0.2, 0) is 9.53 Å². The van der Waals surface area contributed by atoms with Gasteiger partial charge in [0.2, 0.25) is 0 Å². The Labute approximate surface area is 216 Å². The van der Waals surface area contributed by atoms with Gasteiger partial charge in [-0.25, -0.2) is 9.98 Å². The molecule has 1 aliphatic carbocycles. The van der Waals surface area contributed by atoms with Crippen LogP contribution in [0.5, 0.6) is 0 Å². The van der Waals surface area contributed by atoms with Gasteiger partial charge >= 0.3 is 5.97 Å². The van der Waals surface area contributed by atoms with Gasteiger partial charge in [0.05, 0.1) is 18.3 Å². The summed E-state index contributed by atoms with van der Waals surface area (Å²) in [6.45, 7) is 6.49. The largest absolute Gasteiger partial charge is 0.465 e. The molecule has 0 bridgehead atoms. The number of benzene rings is 2. The van der Waals surface area contributed by atoms with Crippen LogP contribution in [0.4, 0.5) is 11.4 Å². The molecule has 2 aliphatic heterocycles. The van der Waals surface area contributed by atoms with Crippen LogP contribution in [0.15, 0.2) is 69.8 Å². The third kappa shape index (κ3) is 5.21. The molecule has 9 nitrogen and oxygen atoms in total. The number of hydrogen-bond donors (Lipinski definition) is 3. The van der Waals surface area contributed by atoms with Crippen molar-refractivity contribution in [2.45, 2.75) is 45.7 Å². The number of esters is 1. The first kappa shape index (κ1) is 24.5. The fraction of sp³-hybridized carbons (Fsp3) is 0.357. The molecule has 37 heavy (non-hydrogen) atoms. The number of aryl methyl sites for hydroxylation is 1. The molecule has 5 rings (SSSR count). The van der Waals surface area contributed by atoms with Crippen molar-refractivity contribution in [2.75, 3.05) is 18.5 Å². The molecule has 3 N–H and O–H groups in total. The van der Waals surface area contributed by atoms with Gasteiger partial charge in [0, 0.05) is 23.8 Å². The number of fused-ring (bicyclic) bond motifs is 1. The standard InChI is InChI=1S/C28H32N6O3/c1-4-37-28(36)24-18(3)25-26(30-16-31-34(25)23(24)15-29-20-8-6-5-7-9-20)33-22-14-19(11-10-17(22)2)27(35)32-21-12-13-21/h5-11,14,16,21,23-24,29H,4,12-13,15H2,1-3H3,(H,32,35)(H,30,31,33). The highest BCUT2D eigenvalue weighted by molar-refractivity contribution is 6.07. The molecule has 0 aromatic heterocycles. The highest BCUT2D eigenvalue weighted by atomic mass is 16.5. The number of para-hydroxylation sites is 1. The molecule has 2 heterocycles. The van der Waals surface area contributed by atoms with Gasteiger partial charge in [0.25, 0.3) is 5.91 Å². The lowest BCUT2D eigenvalue weighted by Crippen LogP contribution is -2.51. The minimum absolute atomic E-state index is 0.0925. The van der Waals surface area contributed by atoms with Gasteiger partial charge in [0.1, 0.15) is 18.0 Å². The molecular weight excluding hydrogens is 468 g/mol. The number of amidine groups is 1. The van der Waals surface area contributed by atoms with E-state index in [1.807, 2.05) is 68.2 Å². The van der Waals surface area contributed by atoms with Crippen molar-refractivity contribution in [2.24, 2.45) is 15.9 Å². The lowest BCUT2D eigenvalue weighted by Gasteiger charge is -2.33. The third-order valence-electron chi connectivity index (χ3n) is 6.83. The molecular formula is C28H32N6O3. The number of ether oxygens (including phenoxy) is 1. The average molecular weight is 501 g/mol. The van der Waals surface area contributed by atoms with Crippen LogP contribution < -0.4 is 16.1 Å². The minimum Gasteiger partial charge on any atom is -0.465 e. The van der Waals surface area contributed by atoms with E-state index in [0.717, 1.165) is 35.4 Å². The maximum Gasteiger partial charge on any atom is 0.315 e. The normalized spacial score (nSPS) is 21.5. The molecule has 1 fully saturated rings. The molecule has 2 aromatic rings. The molecule has 3 aliphatic rings. The maximum absolute atomic E-state index is 13.1. The quantitative estimate of drug-likeness (QED) is 0.477. The van der Waals surface area contributed by atoms with Crippen LogP contribution in [0.3, 0.4) is 0 Å². The molecule has 2 atom stereocenters. The predicted octanol–water partition coefficient (Wildman–Crippen LogP) is 3.71. The van der Waals surface area contributed by atoms with E-state index in [9.17, 15) is 9.59 Å². The van der Waals surface area contributed by atoms with E-state index in [1.165, 1.54) is 0 Å². The van der Waals surface area contributed by atoms with E-state index in [1.54, 1.807) is 12.4 Å². The number of nitrogens with zero attached hydrogens (tertiary/aromatic N) is 3. The highest BCUT2D eigenvalue weighted by Crippen LogP contribution is 2.37. The first-order valence-corrected chi connectivity index (χ1v) is 12.7. The summed E-state index contributed by atoms with van der Waals surface area (Å²) in [5.41, 5.74) is 7.91. The Hall–Kier alpha value is -4.14. The number of carbonyl (C=O) groups excluding carboxylic acids is 2. The summed E-state index contributed by atoms with van der Waals surface area (Å²) in [5.74, 6) is -0.388. The van der Waals surface area contributed by atoms with E-state index in [0.29, 0.717) is 30.2 Å². The zero-order valence-corrected chi connectivity index (χ0v) is 21.3. The number of carbonyl (C=O) groups is 2. The number of rotatable bonds is 8. The van der Waals surface area contributed by atoms with Crippen molar-refractivity contribution in [3.05, 3.63) is 70.9 Å². The van der Waals surface area contributed by atoms with Crippen molar-refractivity contribution >= 4 is 35.4 Å². The summed E-state index contributed by atoms with van der Waals surface area (Å²) < 4.78 is 5.46. The Bertz CT molecular complexity index is 1280. The number of hydrazine groups is 1. The Morgan fingerprint density at radius 1 is 1.16 bits per heavy atom. The molecule has 2 unspecified atom stereocenters. The monoisotopic (exact) mass is 500 g/mol. The Morgan fingerprint density at radius 2 is 1.95 bits per heavy atom. The number of nitrogens with one attached hydrogen (secondary N) is 3. The lowest BCUT2D eigenvalue weighted by molar-refractivity contribution is -0.147. The predicted molar refractivity (Wildman–Crippen MR) is 144 cm³/mol. The Balaban J connectivity index is 1.47. The number of anilines is 1. The second-order valence-corrected chi connectivity index (χ2v) is 9.52. The number of aliphatic imine (C=N–C) groups is 2. The second kappa shape index (κ2) is 10.5. The summed E-state index contributed by atoms with van der Waals surface area (Å²) >= 11 is 0. The molecule has 1 amide bonds. The van der Waals surface area contributed by atoms with E-state index in [2.05, 4.69) is 21.1 Å². The zero-order chi connectivity index (χ0) is 25.9. The smallest absolute Gasteiger partial charge is 0.315 e. The van der Waals surface area contributed by atoms with Crippen molar-refractivity contribution in [3.8, 4) is 0 Å². The van der Waals surface area contributed by atoms with Crippen LogP contribution in [0.25, 0.3) is 0 Å². The van der Waals surface area contributed by atoms with Crippen molar-refractivity contribution in [1.29, 1.82) is 0 Å². The van der Waals surface area contributed by atoms with Gasteiger partial charge in [-0.3, -0.25) is 20.0 Å². The van der Waals surface area contributed by atoms with Crippen LogP contribution in [0, 0.1) is 12.8 Å². The van der Waals surface area contributed by atoms with E-state index in [4.69, 9.17) is 9.73 Å². The van der Waals surface area contributed by atoms with Gasteiger partial charge in [-0.2, -0.15) is 0 Å². The molecule has 192 valence electrons. The van der Waals surface area contributed by atoms with Crippen LogP contribution >= 0.6 is 0 Å². The summed E-state index contributed by atoms with van der Waals surface area (Å²) in [6, 6.07) is 15.4. The SMILES string of the molecule is CCOC(=O)C1C(C)=C2C(=Nc3cc(C(=O)NC4CC4)ccc3C)N=CNN2C1CNc1ccccc1. The molecule has 0 saturated heterocycles. The first-order chi connectivity index (χ1) is 18.0. The Morgan fingerprint density at radius 3 is 2.68 bits per heavy atom. The van der Waals surface area contributed by atoms with E-state index < -0.39 is 5.92 Å². The van der Waals surface area contributed by atoms with Crippen LogP contribution in [0.2, 0.25) is 0 Å². The van der Waals surface area contributed by atoms with Gasteiger partial charge in [-0.15, -0.1) is 0 Å². The summed E-state index contributed by atoms with van der Waals surface area (Å²) in [5, 5.41) is 8.40. The maximum atomic E-state index is 13.1. The molecule has 0 spiro atoms. The minimum atomic E-state index is -0.498. The van der Waals surface area contributed by atoms with Crippen LogP contribution in [-0.4, -0.2) is 54.3 Å². The van der Waals surface area contributed by atoms with Gasteiger partial charge in [-0.05, 0) is 69.0 Å². The molecule has 0 radical (unpaired) electrons. The summed E-state index contributed by atoms with van der Waals surface area (Å²) in [4.78, 5) is 35.1. The summed E-state index contributed by atoms with van der Waals surface area (Å²) in [6.07, 6.45) is 3.64. The first-order valence-electron chi connectivity index (χ1n) is 12.7. The van der Waals surface area contributed by atoms with Crippen molar-refractivity contribution in [3.63, 3.8) is 0 Å². The lowest BCUT2D eigenvalue weighted by atomic mass is 9.95. The van der Waals surface area contributed by atoms with E-state index >= 15 is 0 Å². The van der Waals surface area contributed by atoms with Crippen molar-refractivity contribution < 1.29 is 14.3 Å². The fourth-order valence-electron chi connectivity index (χ4n) is 4.72. The van der Waals surface area contributed by atoms with Gasteiger partial charge in [0.15, 0.2) is 5.84 Å². The number of hydrogen-bond acceptors (Lipinski definition) is 7. The number of amides is 1. The fourth-order valence-corrected chi connectivity index (χ4v) is 4.72. The molecule has 1 saturated carbocycles. The van der Waals surface area contributed by atoms with Crippen molar-refractivity contribution in [1.82, 2.24) is 15.8 Å². The Kier molecular flexibility index (Phi) is 6.94. The zero-order valence-electron chi connectivity index (χ0n) is 21.3.